The summed E-state index contributed by atoms with van der Waals surface area (Å²) < 4.78 is 0. The molecule has 2 aromatic carbocycles. The van der Waals surface area contributed by atoms with Crippen molar-refractivity contribution < 1.29 is 4.79 Å². The maximum absolute atomic E-state index is 12.2. The van der Waals surface area contributed by atoms with Crippen LogP contribution in [0, 0.1) is 0 Å². The van der Waals surface area contributed by atoms with Crippen LogP contribution in [-0.4, -0.2) is 5.78 Å². The van der Waals surface area contributed by atoms with Gasteiger partial charge in [0, 0.05) is 12.3 Å². The molecule has 0 spiro atoms. The van der Waals surface area contributed by atoms with E-state index in [1.807, 2.05) is 43.3 Å². The number of Topliss-reactive ketones (excluding diaryl/α,β-unsaturated/α-hetero) is 1. The van der Waals surface area contributed by atoms with Gasteiger partial charge in [0.2, 0.25) is 0 Å². The maximum atomic E-state index is 12.2. The Labute approximate surface area is 123 Å². The summed E-state index contributed by atoms with van der Waals surface area (Å²) in [5, 5.41) is 0.994. The minimum atomic E-state index is -0.115. The van der Waals surface area contributed by atoms with E-state index in [9.17, 15) is 4.79 Å². The van der Waals surface area contributed by atoms with Crippen molar-refractivity contribution in [1.82, 2.24) is 0 Å². The molecule has 0 N–H and O–H groups in total. The molecule has 0 fully saturated rings. The molecule has 3 heteroatoms. The highest BCUT2D eigenvalue weighted by atomic mass is 35.5. The van der Waals surface area contributed by atoms with Gasteiger partial charge < -0.3 is 0 Å². The van der Waals surface area contributed by atoms with Crippen LogP contribution in [0.4, 0.5) is 0 Å². The van der Waals surface area contributed by atoms with Crippen molar-refractivity contribution in [2.75, 3.05) is 0 Å². The minimum Gasteiger partial charge on any atom is -0.299 e. The quantitative estimate of drug-likeness (QED) is 0.783. The third-order valence-corrected chi connectivity index (χ3v) is 3.88. The predicted molar refractivity (Wildman–Crippen MR) is 80.0 cm³/mol. The van der Waals surface area contributed by atoms with Crippen LogP contribution in [-0.2, 0) is 11.2 Å². The summed E-state index contributed by atoms with van der Waals surface area (Å²) in [4.78, 5) is 12.2. The standard InChI is InChI=1S/C16H14Cl2O/c1-11(13-5-3-2-4-6-13)16(19)10-12-7-8-14(17)15(18)9-12/h2-9,11H,10H2,1H3. The molecule has 0 saturated heterocycles. The number of carbonyl (C=O) groups excluding carboxylic acids is 1. The second kappa shape index (κ2) is 6.23. The predicted octanol–water partition coefficient (Wildman–Crippen LogP) is 4.91. The molecule has 0 saturated carbocycles. The molecular formula is C16H14Cl2O. The van der Waals surface area contributed by atoms with Crippen molar-refractivity contribution in [3.05, 3.63) is 69.7 Å². The van der Waals surface area contributed by atoms with Crippen molar-refractivity contribution in [1.29, 1.82) is 0 Å². The Bertz CT molecular complexity index is 579. The first-order chi connectivity index (χ1) is 9.08. The Balaban J connectivity index is 2.10. The molecule has 0 aromatic heterocycles. The van der Waals surface area contributed by atoms with Crippen LogP contribution in [0.25, 0.3) is 0 Å². The van der Waals surface area contributed by atoms with Crippen LogP contribution in [0.15, 0.2) is 48.5 Å². The average Bonchev–Trinajstić information content (AvgIpc) is 2.43. The molecule has 0 radical (unpaired) electrons. The SMILES string of the molecule is CC(C(=O)Cc1ccc(Cl)c(Cl)c1)c1ccccc1. The van der Waals surface area contributed by atoms with Gasteiger partial charge in [0.05, 0.1) is 10.0 Å². The molecule has 2 aromatic rings. The molecule has 0 heterocycles. The van der Waals surface area contributed by atoms with Crippen molar-refractivity contribution >= 4 is 29.0 Å². The lowest BCUT2D eigenvalue weighted by molar-refractivity contribution is -0.119. The van der Waals surface area contributed by atoms with E-state index in [1.54, 1.807) is 12.1 Å². The Kier molecular flexibility index (Phi) is 4.62. The van der Waals surface area contributed by atoms with E-state index < -0.39 is 0 Å². The van der Waals surface area contributed by atoms with Crippen LogP contribution >= 0.6 is 23.2 Å². The fourth-order valence-corrected chi connectivity index (χ4v) is 2.25. The van der Waals surface area contributed by atoms with Gasteiger partial charge in [-0.25, -0.2) is 0 Å². The highest BCUT2D eigenvalue weighted by molar-refractivity contribution is 6.42. The van der Waals surface area contributed by atoms with E-state index in [0.29, 0.717) is 16.5 Å². The molecule has 2 rings (SSSR count). The van der Waals surface area contributed by atoms with E-state index in [0.717, 1.165) is 11.1 Å². The lowest BCUT2D eigenvalue weighted by Gasteiger charge is -2.11. The molecule has 0 aliphatic rings. The van der Waals surface area contributed by atoms with Gasteiger partial charge in [0.15, 0.2) is 0 Å². The maximum Gasteiger partial charge on any atom is 0.144 e. The van der Waals surface area contributed by atoms with Crippen molar-refractivity contribution in [3.63, 3.8) is 0 Å². The Morgan fingerprint density at radius 1 is 1.05 bits per heavy atom. The molecule has 98 valence electrons. The second-order valence-corrected chi connectivity index (χ2v) is 5.34. The normalized spacial score (nSPS) is 12.2. The highest BCUT2D eigenvalue weighted by Crippen LogP contribution is 2.24. The average molecular weight is 293 g/mol. The van der Waals surface area contributed by atoms with Crippen LogP contribution in [0.2, 0.25) is 10.0 Å². The summed E-state index contributed by atoms with van der Waals surface area (Å²) in [6.45, 7) is 1.93. The number of benzene rings is 2. The number of hydrogen-bond acceptors (Lipinski definition) is 1. The van der Waals surface area contributed by atoms with Gasteiger partial charge in [-0.15, -0.1) is 0 Å². The van der Waals surface area contributed by atoms with E-state index >= 15 is 0 Å². The topological polar surface area (TPSA) is 17.1 Å². The summed E-state index contributed by atoms with van der Waals surface area (Å²) in [6, 6.07) is 15.1. The zero-order valence-corrected chi connectivity index (χ0v) is 12.1. The molecule has 0 aliphatic heterocycles. The zero-order chi connectivity index (χ0) is 13.8. The van der Waals surface area contributed by atoms with Gasteiger partial charge in [-0.05, 0) is 23.3 Å². The number of ketones is 1. The van der Waals surface area contributed by atoms with Crippen LogP contribution < -0.4 is 0 Å². The van der Waals surface area contributed by atoms with Gasteiger partial charge in [-0.3, -0.25) is 4.79 Å². The van der Waals surface area contributed by atoms with Crippen molar-refractivity contribution in [3.8, 4) is 0 Å². The lowest BCUT2D eigenvalue weighted by Crippen LogP contribution is -2.12. The summed E-state index contributed by atoms with van der Waals surface area (Å²) >= 11 is 11.8. The first-order valence-electron chi connectivity index (χ1n) is 6.09. The Morgan fingerprint density at radius 2 is 1.74 bits per heavy atom. The van der Waals surface area contributed by atoms with Gasteiger partial charge in [0.1, 0.15) is 5.78 Å². The van der Waals surface area contributed by atoms with Crippen molar-refractivity contribution in [2.45, 2.75) is 19.3 Å². The molecule has 19 heavy (non-hydrogen) atoms. The Hall–Kier alpha value is -1.31. The van der Waals surface area contributed by atoms with Gasteiger partial charge >= 0.3 is 0 Å². The van der Waals surface area contributed by atoms with E-state index in [-0.39, 0.29) is 11.7 Å². The molecule has 1 unspecified atom stereocenters. The van der Waals surface area contributed by atoms with Crippen molar-refractivity contribution in [2.24, 2.45) is 0 Å². The third kappa shape index (κ3) is 3.59. The first kappa shape index (κ1) is 14.1. The molecule has 1 atom stereocenters. The van der Waals surface area contributed by atoms with Crippen LogP contribution in [0.1, 0.15) is 24.0 Å². The Morgan fingerprint density at radius 3 is 2.37 bits per heavy atom. The summed E-state index contributed by atoms with van der Waals surface area (Å²) in [6.07, 6.45) is 0.368. The number of halogens is 2. The summed E-state index contributed by atoms with van der Waals surface area (Å²) in [5.41, 5.74) is 1.93. The van der Waals surface area contributed by atoms with Gasteiger partial charge in [0.25, 0.3) is 0 Å². The largest absolute Gasteiger partial charge is 0.299 e. The monoisotopic (exact) mass is 292 g/mol. The number of carbonyl (C=O) groups is 1. The molecule has 0 bridgehead atoms. The zero-order valence-electron chi connectivity index (χ0n) is 10.6. The summed E-state index contributed by atoms with van der Waals surface area (Å²) in [5.74, 6) is 0.0558. The fourth-order valence-electron chi connectivity index (χ4n) is 1.93. The highest BCUT2D eigenvalue weighted by Gasteiger charge is 2.15. The number of rotatable bonds is 4. The smallest absolute Gasteiger partial charge is 0.144 e. The van der Waals surface area contributed by atoms with E-state index in [4.69, 9.17) is 23.2 Å². The van der Waals surface area contributed by atoms with E-state index in [2.05, 4.69) is 0 Å². The number of hydrogen-bond donors (Lipinski definition) is 0. The van der Waals surface area contributed by atoms with Crippen LogP contribution in [0.5, 0.6) is 0 Å². The van der Waals surface area contributed by atoms with Gasteiger partial charge in [-0.1, -0.05) is 66.5 Å². The first-order valence-corrected chi connectivity index (χ1v) is 6.85. The second-order valence-electron chi connectivity index (χ2n) is 4.52. The summed E-state index contributed by atoms with van der Waals surface area (Å²) in [7, 11) is 0. The molecular weight excluding hydrogens is 279 g/mol. The molecule has 0 amide bonds. The minimum absolute atomic E-state index is 0.115. The lowest BCUT2D eigenvalue weighted by atomic mass is 9.93. The third-order valence-electron chi connectivity index (χ3n) is 3.14. The van der Waals surface area contributed by atoms with Crippen LogP contribution in [0.3, 0.4) is 0 Å². The molecule has 1 nitrogen and oxygen atoms in total. The van der Waals surface area contributed by atoms with Gasteiger partial charge in [-0.2, -0.15) is 0 Å². The molecule has 0 aliphatic carbocycles. The fraction of sp³-hybridized carbons (Fsp3) is 0.188. The van der Waals surface area contributed by atoms with E-state index in [1.165, 1.54) is 0 Å².